The molecule has 1 N–H and O–H groups in total. The predicted octanol–water partition coefficient (Wildman–Crippen LogP) is 4.73. The SMILES string of the molecule is CCCCCOC(=O)Nc1cc(Cl)cc(Cl)c1. The second-order valence-electron chi connectivity index (χ2n) is 3.63. The topological polar surface area (TPSA) is 38.3 Å². The smallest absolute Gasteiger partial charge is 0.411 e. The van der Waals surface area contributed by atoms with Crippen molar-refractivity contribution in [3.8, 4) is 0 Å². The summed E-state index contributed by atoms with van der Waals surface area (Å²) in [5.74, 6) is 0. The van der Waals surface area contributed by atoms with E-state index in [-0.39, 0.29) is 0 Å². The molecule has 0 saturated carbocycles. The Morgan fingerprint density at radius 2 is 1.88 bits per heavy atom. The highest BCUT2D eigenvalue weighted by Crippen LogP contribution is 2.22. The van der Waals surface area contributed by atoms with Crippen LogP contribution in [-0.4, -0.2) is 12.7 Å². The number of halogens is 2. The molecular weight excluding hydrogens is 261 g/mol. The van der Waals surface area contributed by atoms with Crippen LogP contribution in [0.1, 0.15) is 26.2 Å². The molecule has 17 heavy (non-hydrogen) atoms. The van der Waals surface area contributed by atoms with Crippen LogP contribution in [-0.2, 0) is 4.74 Å². The first-order chi connectivity index (χ1) is 8.11. The van der Waals surface area contributed by atoms with Crippen molar-refractivity contribution in [2.45, 2.75) is 26.2 Å². The van der Waals surface area contributed by atoms with Crippen LogP contribution in [0.4, 0.5) is 10.5 Å². The van der Waals surface area contributed by atoms with E-state index < -0.39 is 6.09 Å². The van der Waals surface area contributed by atoms with Gasteiger partial charge in [0.2, 0.25) is 0 Å². The van der Waals surface area contributed by atoms with Gasteiger partial charge in [0.05, 0.1) is 6.61 Å². The maximum Gasteiger partial charge on any atom is 0.411 e. The number of amides is 1. The fourth-order valence-electron chi connectivity index (χ4n) is 1.30. The van der Waals surface area contributed by atoms with Crippen LogP contribution in [0.2, 0.25) is 10.0 Å². The summed E-state index contributed by atoms with van der Waals surface area (Å²) in [6, 6.07) is 4.82. The quantitative estimate of drug-likeness (QED) is 0.789. The van der Waals surface area contributed by atoms with Crippen molar-refractivity contribution in [3.63, 3.8) is 0 Å². The van der Waals surface area contributed by atoms with E-state index in [9.17, 15) is 4.79 Å². The molecule has 0 saturated heterocycles. The maximum atomic E-state index is 11.4. The second-order valence-corrected chi connectivity index (χ2v) is 4.50. The fraction of sp³-hybridized carbons (Fsp3) is 0.417. The summed E-state index contributed by atoms with van der Waals surface area (Å²) in [4.78, 5) is 11.4. The number of nitrogens with one attached hydrogen (secondary N) is 1. The molecular formula is C12H15Cl2NO2. The highest BCUT2D eigenvalue weighted by Gasteiger charge is 2.04. The molecule has 0 fully saturated rings. The number of ether oxygens (including phenoxy) is 1. The summed E-state index contributed by atoms with van der Waals surface area (Å²) in [5.41, 5.74) is 0.531. The van der Waals surface area contributed by atoms with Crippen molar-refractivity contribution in [3.05, 3.63) is 28.2 Å². The third kappa shape index (κ3) is 5.80. The average molecular weight is 276 g/mol. The molecule has 0 bridgehead atoms. The second kappa shape index (κ2) is 7.41. The molecule has 0 atom stereocenters. The minimum atomic E-state index is -0.487. The van der Waals surface area contributed by atoms with E-state index in [0.717, 1.165) is 19.3 Å². The first-order valence-corrected chi connectivity index (χ1v) is 6.27. The Balaban J connectivity index is 2.39. The molecule has 3 nitrogen and oxygen atoms in total. The third-order valence-corrected chi connectivity index (χ3v) is 2.53. The molecule has 0 unspecified atom stereocenters. The minimum Gasteiger partial charge on any atom is -0.449 e. The van der Waals surface area contributed by atoms with Crippen LogP contribution in [0.5, 0.6) is 0 Å². The van der Waals surface area contributed by atoms with Crippen molar-refractivity contribution in [2.24, 2.45) is 0 Å². The minimum absolute atomic E-state index is 0.425. The molecule has 1 amide bonds. The molecule has 1 rings (SSSR count). The summed E-state index contributed by atoms with van der Waals surface area (Å²) < 4.78 is 4.99. The monoisotopic (exact) mass is 275 g/mol. The van der Waals surface area contributed by atoms with E-state index in [1.807, 2.05) is 0 Å². The molecule has 0 aliphatic rings. The van der Waals surface area contributed by atoms with Crippen LogP contribution in [0.15, 0.2) is 18.2 Å². The normalized spacial score (nSPS) is 10.1. The van der Waals surface area contributed by atoms with E-state index >= 15 is 0 Å². The van der Waals surface area contributed by atoms with E-state index in [1.165, 1.54) is 0 Å². The largest absolute Gasteiger partial charge is 0.449 e. The van der Waals surface area contributed by atoms with Crippen LogP contribution in [0, 0.1) is 0 Å². The van der Waals surface area contributed by atoms with Crippen LogP contribution in [0.3, 0.4) is 0 Å². The summed E-state index contributed by atoms with van der Waals surface area (Å²) in [5, 5.41) is 3.51. The molecule has 1 aromatic carbocycles. The van der Waals surface area contributed by atoms with Crippen molar-refractivity contribution >= 4 is 35.0 Å². The number of anilines is 1. The third-order valence-electron chi connectivity index (χ3n) is 2.09. The number of rotatable bonds is 5. The molecule has 0 heterocycles. The molecule has 5 heteroatoms. The van der Waals surface area contributed by atoms with Gasteiger partial charge in [0, 0.05) is 15.7 Å². The number of hydrogen-bond acceptors (Lipinski definition) is 2. The highest BCUT2D eigenvalue weighted by atomic mass is 35.5. The molecule has 0 spiro atoms. The van der Waals surface area contributed by atoms with E-state index in [4.69, 9.17) is 27.9 Å². The van der Waals surface area contributed by atoms with Gasteiger partial charge in [0.1, 0.15) is 0 Å². The van der Waals surface area contributed by atoms with E-state index in [1.54, 1.807) is 18.2 Å². The molecule has 94 valence electrons. The van der Waals surface area contributed by atoms with Gasteiger partial charge < -0.3 is 4.74 Å². The summed E-state index contributed by atoms with van der Waals surface area (Å²) in [6.45, 7) is 2.52. The van der Waals surface area contributed by atoms with Gasteiger partial charge >= 0.3 is 6.09 Å². The van der Waals surface area contributed by atoms with Gasteiger partial charge in [-0.05, 0) is 24.6 Å². The Kier molecular flexibility index (Phi) is 6.16. The Morgan fingerprint density at radius 3 is 2.47 bits per heavy atom. The predicted molar refractivity (Wildman–Crippen MR) is 71.0 cm³/mol. The number of hydrogen-bond donors (Lipinski definition) is 1. The zero-order valence-electron chi connectivity index (χ0n) is 9.63. The Morgan fingerprint density at radius 1 is 1.24 bits per heavy atom. The van der Waals surface area contributed by atoms with Gasteiger partial charge in [-0.2, -0.15) is 0 Å². The average Bonchev–Trinajstić information content (AvgIpc) is 2.23. The van der Waals surface area contributed by atoms with Gasteiger partial charge in [0.15, 0.2) is 0 Å². The molecule has 0 aliphatic carbocycles. The molecule has 0 aromatic heterocycles. The van der Waals surface area contributed by atoms with Gasteiger partial charge in [-0.3, -0.25) is 5.32 Å². The van der Waals surface area contributed by atoms with Crippen molar-refractivity contribution < 1.29 is 9.53 Å². The molecule has 1 aromatic rings. The van der Waals surface area contributed by atoms with Crippen LogP contribution >= 0.6 is 23.2 Å². The Hall–Kier alpha value is -0.930. The van der Waals surface area contributed by atoms with Gasteiger partial charge in [-0.25, -0.2) is 4.79 Å². The number of benzene rings is 1. The van der Waals surface area contributed by atoms with Gasteiger partial charge in [-0.1, -0.05) is 43.0 Å². The van der Waals surface area contributed by atoms with Gasteiger partial charge in [-0.15, -0.1) is 0 Å². The summed E-state index contributed by atoms with van der Waals surface area (Å²) in [6.07, 6.45) is 2.53. The number of unbranched alkanes of at least 4 members (excludes halogenated alkanes) is 2. The van der Waals surface area contributed by atoms with Crippen molar-refractivity contribution in [1.82, 2.24) is 0 Å². The Labute approximate surface area is 111 Å². The first-order valence-electron chi connectivity index (χ1n) is 5.51. The van der Waals surface area contributed by atoms with Crippen LogP contribution < -0.4 is 5.32 Å². The molecule has 0 aliphatic heterocycles. The number of carbonyl (C=O) groups is 1. The van der Waals surface area contributed by atoms with Gasteiger partial charge in [0.25, 0.3) is 0 Å². The zero-order valence-corrected chi connectivity index (χ0v) is 11.1. The zero-order chi connectivity index (χ0) is 12.7. The van der Waals surface area contributed by atoms with Crippen molar-refractivity contribution in [2.75, 3.05) is 11.9 Å². The van der Waals surface area contributed by atoms with E-state index in [2.05, 4.69) is 12.2 Å². The maximum absolute atomic E-state index is 11.4. The highest BCUT2D eigenvalue weighted by molar-refractivity contribution is 6.35. The number of carbonyl (C=O) groups excluding carboxylic acids is 1. The molecule has 0 radical (unpaired) electrons. The summed E-state index contributed by atoms with van der Waals surface area (Å²) in [7, 11) is 0. The summed E-state index contributed by atoms with van der Waals surface area (Å²) >= 11 is 11.6. The van der Waals surface area contributed by atoms with E-state index in [0.29, 0.717) is 22.3 Å². The van der Waals surface area contributed by atoms with Crippen LogP contribution in [0.25, 0.3) is 0 Å². The lowest BCUT2D eigenvalue weighted by atomic mass is 10.3. The first kappa shape index (κ1) is 14.1. The lowest BCUT2D eigenvalue weighted by Crippen LogP contribution is -2.14. The lowest BCUT2D eigenvalue weighted by Gasteiger charge is -2.07. The van der Waals surface area contributed by atoms with Crippen molar-refractivity contribution in [1.29, 1.82) is 0 Å². The lowest BCUT2D eigenvalue weighted by molar-refractivity contribution is 0.159. The Bertz CT molecular complexity index is 363. The fourth-order valence-corrected chi connectivity index (χ4v) is 1.82. The standard InChI is InChI=1S/C12H15Cl2NO2/c1-2-3-4-5-17-12(16)15-11-7-9(13)6-10(14)8-11/h6-8H,2-5H2,1H3,(H,15,16).